The molecule has 1 aliphatic rings. The van der Waals surface area contributed by atoms with Gasteiger partial charge in [0.15, 0.2) is 5.82 Å². The van der Waals surface area contributed by atoms with Crippen LogP contribution in [0.2, 0.25) is 5.02 Å². The van der Waals surface area contributed by atoms with Gasteiger partial charge in [0.25, 0.3) is 0 Å². The fraction of sp³-hybridized carbons (Fsp3) is 0.333. The van der Waals surface area contributed by atoms with Crippen LogP contribution in [0.5, 0.6) is 5.75 Å². The molecule has 1 heterocycles. The third-order valence-corrected chi connectivity index (χ3v) is 3.22. The lowest BCUT2D eigenvalue weighted by molar-refractivity contribution is 0.0691. The zero-order valence-corrected chi connectivity index (χ0v) is 11.1. The second kappa shape index (κ2) is 5.09. The average Bonchev–Trinajstić information content (AvgIpc) is 3.15. The second-order valence-corrected chi connectivity index (χ2v) is 4.94. The van der Waals surface area contributed by atoms with E-state index in [9.17, 15) is 4.79 Å². The molecule has 0 aliphatic heterocycles. The predicted molar refractivity (Wildman–Crippen MR) is 68.8 cm³/mol. The van der Waals surface area contributed by atoms with E-state index in [1.165, 1.54) is 18.2 Å². The van der Waals surface area contributed by atoms with Crippen molar-refractivity contribution in [2.24, 2.45) is 0 Å². The SMILES string of the molecule is O=C(O)c1ccc(Cl)cc1OCc1nnnn1C1CC1. The fourth-order valence-corrected chi connectivity index (χ4v) is 2.01. The Morgan fingerprint density at radius 3 is 3.00 bits per heavy atom. The summed E-state index contributed by atoms with van der Waals surface area (Å²) in [6, 6.07) is 4.72. The summed E-state index contributed by atoms with van der Waals surface area (Å²) in [4.78, 5) is 11.1. The van der Waals surface area contributed by atoms with Gasteiger partial charge in [0, 0.05) is 5.02 Å². The molecule has 104 valence electrons. The highest BCUT2D eigenvalue weighted by atomic mass is 35.5. The van der Waals surface area contributed by atoms with E-state index in [1.807, 2.05) is 0 Å². The van der Waals surface area contributed by atoms with E-state index in [2.05, 4.69) is 15.5 Å². The van der Waals surface area contributed by atoms with Crippen LogP contribution in [0.4, 0.5) is 0 Å². The maximum Gasteiger partial charge on any atom is 0.339 e. The zero-order chi connectivity index (χ0) is 14.1. The lowest BCUT2D eigenvalue weighted by Crippen LogP contribution is -2.09. The molecule has 1 fully saturated rings. The van der Waals surface area contributed by atoms with Crippen LogP contribution >= 0.6 is 11.6 Å². The smallest absolute Gasteiger partial charge is 0.339 e. The van der Waals surface area contributed by atoms with Gasteiger partial charge in [-0.1, -0.05) is 11.6 Å². The molecule has 8 heteroatoms. The van der Waals surface area contributed by atoms with Crippen LogP contribution in [-0.4, -0.2) is 31.3 Å². The van der Waals surface area contributed by atoms with E-state index < -0.39 is 5.97 Å². The Morgan fingerprint density at radius 1 is 1.50 bits per heavy atom. The van der Waals surface area contributed by atoms with Crippen molar-refractivity contribution in [2.75, 3.05) is 0 Å². The second-order valence-electron chi connectivity index (χ2n) is 4.51. The number of hydrogen-bond acceptors (Lipinski definition) is 5. The number of carboxylic acids is 1. The Bertz CT molecular complexity index is 654. The number of carboxylic acid groups (broad SMARTS) is 1. The van der Waals surface area contributed by atoms with Crippen molar-refractivity contribution < 1.29 is 14.6 Å². The average molecular weight is 295 g/mol. The fourth-order valence-electron chi connectivity index (χ4n) is 1.84. The quantitative estimate of drug-likeness (QED) is 0.906. The molecule has 0 unspecified atom stereocenters. The highest BCUT2D eigenvalue weighted by molar-refractivity contribution is 6.30. The standard InChI is InChI=1S/C12H11ClN4O3/c13-7-1-4-9(12(18)19)10(5-7)20-6-11-14-15-16-17(11)8-2-3-8/h1,4-5,8H,2-3,6H2,(H,18,19). The molecule has 0 amide bonds. The molecule has 1 aromatic carbocycles. The maximum atomic E-state index is 11.1. The Balaban J connectivity index is 1.79. The number of aromatic nitrogens is 4. The van der Waals surface area contributed by atoms with E-state index >= 15 is 0 Å². The minimum atomic E-state index is -1.07. The summed E-state index contributed by atoms with van der Waals surface area (Å²) in [7, 11) is 0. The van der Waals surface area contributed by atoms with Gasteiger partial charge in [-0.2, -0.15) is 0 Å². The summed E-state index contributed by atoms with van der Waals surface area (Å²) in [6.45, 7) is 0.101. The number of halogens is 1. The van der Waals surface area contributed by atoms with Crippen molar-refractivity contribution in [3.63, 3.8) is 0 Å². The normalized spacial score (nSPS) is 14.2. The number of rotatable bonds is 5. The Labute approximate surface area is 119 Å². The largest absolute Gasteiger partial charge is 0.485 e. The maximum absolute atomic E-state index is 11.1. The molecule has 0 atom stereocenters. The minimum Gasteiger partial charge on any atom is -0.485 e. The summed E-state index contributed by atoms with van der Waals surface area (Å²) in [6.07, 6.45) is 2.10. The summed E-state index contributed by atoms with van der Waals surface area (Å²) in [5, 5.41) is 20.9. The Morgan fingerprint density at radius 2 is 2.30 bits per heavy atom. The molecule has 1 saturated carbocycles. The Kier molecular flexibility index (Phi) is 3.27. The van der Waals surface area contributed by atoms with Gasteiger partial charge >= 0.3 is 5.97 Å². The Hall–Kier alpha value is -2.15. The van der Waals surface area contributed by atoms with Crippen LogP contribution in [0, 0.1) is 0 Å². The molecular weight excluding hydrogens is 284 g/mol. The highest BCUT2D eigenvalue weighted by Gasteiger charge is 2.28. The van der Waals surface area contributed by atoms with Crippen molar-refractivity contribution in [2.45, 2.75) is 25.5 Å². The number of carbonyl (C=O) groups is 1. The number of nitrogens with zero attached hydrogens (tertiary/aromatic N) is 4. The van der Waals surface area contributed by atoms with E-state index in [1.54, 1.807) is 4.68 Å². The first-order valence-electron chi connectivity index (χ1n) is 6.07. The van der Waals surface area contributed by atoms with Crippen LogP contribution in [-0.2, 0) is 6.61 Å². The van der Waals surface area contributed by atoms with Crippen molar-refractivity contribution in [1.29, 1.82) is 0 Å². The molecule has 2 aromatic rings. The van der Waals surface area contributed by atoms with Crippen molar-refractivity contribution in [3.8, 4) is 5.75 Å². The highest BCUT2D eigenvalue weighted by Crippen LogP contribution is 2.34. The van der Waals surface area contributed by atoms with Gasteiger partial charge in [-0.25, -0.2) is 9.48 Å². The molecule has 1 N–H and O–H groups in total. The summed E-state index contributed by atoms with van der Waals surface area (Å²) < 4.78 is 7.23. The lowest BCUT2D eigenvalue weighted by Gasteiger charge is -2.09. The topological polar surface area (TPSA) is 90.1 Å². The van der Waals surface area contributed by atoms with E-state index in [0.29, 0.717) is 16.9 Å². The summed E-state index contributed by atoms with van der Waals surface area (Å²) >= 11 is 5.86. The first-order chi connectivity index (χ1) is 9.65. The van der Waals surface area contributed by atoms with Gasteiger partial charge in [0.2, 0.25) is 0 Å². The number of tetrazole rings is 1. The first-order valence-corrected chi connectivity index (χ1v) is 6.45. The molecule has 1 aliphatic carbocycles. The molecule has 20 heavy (non-hydrogen) atoms. The minimum absolute atomic E-state index is 0.0554. The molecule has 0 saturated heterocycles. The molecular formula is C12H11ClN4O3. The molecule has 7 nitrogen and oxygen atoms in total. The monoisotopic (exact) mass is 294 g/mol. The van der Waals surface area contributed by atoms with Crippen molar-refractivity contribution >= 4 is 17.6 Å². The lowest BCUT2D eigenvalue weighted by atomic mass is 10.2. The van der Waals surface area contributed by atoms with E-state index in [4.69, 9.17) is 21.4 Å². The first kappa shape index (κ1) is 12.9. The van der Waals surface area contributed by atoms with Crippen molar-refractivity contribution in [3.05, 3.63) is 34.6 Å². The molecule has 1 aromatic heterocycles. The number of ether oxygens (including phenoxy) is 1. The third-order valence-electron chi connectivity index (χ3n) is 2.98. The third kappa shape index (κ3) is 2.57. The molecule has 0 bridgehead atoms. The van der Waals surface area contributed by atoms with Gasteiger partial charge in [-0.3, -0.25) is 0 Å². The van der Waals surface area contributed by atoms with Gasteiger partial charge in [0.05, 0.1) is 6.04 Å². The molecule has 0 radical (unpaired) electrons. The predicted octanol–water partition coefficient (Wildman–Crippen LogP) is 1.94. The zero-order valence-electron chi connectivity index (χ0n) is 10.4. The van der Waals surface area contributed by atoms with Gasteiger partial charge < -0.3 is 9.84 Å². The van der Waals surface area contributed by atoms with Gasteiger partial charge in [-0.15, -0.1) is 5.10 Å². The number of aromatic carboxylic acids is 1. The van der Waals surface area contributed by atoms with Crippen LogP contribution in [0.1, 0.15) is 35.1 Å². The van der Waals surface area contributed by atoms with E-state index in [0.717, 1.165) is 12.8 Å². The molecule has 0 spiro atoms. The summed E-state index contributed by atoms with van der Waals surface area (Å²) in [5.74, 6) is -0.294. The summed E-state index contributed by atoms with van der Waals surface area (Å²) in [5.41, 5.74) is 0.0554. The number of benzene rings is 1. The van der Waals surface area contributed by atoms with Crippen molar-refractivity contribution in [1.82, 2.24) is 20.2 Å². The molecule has 3 rings (SSSR count). The number of hydrogen-bond donors (Lipinski definition) is 1. The van der Waals surface area contributed by atoms with Crippen LogP contribution in [0.15, 0.2) is 18.2 Å². The van der Waals surface area contributed by atoms with Crippen LogP contribution < -0.4 is 4.74 Å². The van der Waals surface area contributed by atoms with Crippen LogP contribution in [0.25, 0.3) is 0 Å². The van der Waals surface area contributed by atoms with Crippen LogP contribution in [0.3, 0.4) is 0 Å². The van der Waals surface area contributed by atoms with Gasteiger partial charge in [-0.05, 0) is 41.5 Å². The van der Waals surface area contributed by atoms with E-state index in [-0.39, 0.29) is 17.9 Å². The van der Waals surface area contributed by atoms with Gasteiger partial charge in [0.1, 0.15) is 17.9 Å².